The third-order valence-corrected chi connectivity index (χ3v) is 6.68. The van der Waals surface area contributed by atoms with Crippen LogP contribution in [0.3, 0.4) is 0 Å². The Kier molecular flexibility index (Phi) is 6.98. The van der Waals surface area contributed by atoms with Crippen LogP contribution in [0.2, 0.25) is 0 Å². The molecule has 0 saturated heterocycles. The van der Waals surface area contributed by atoms with E-state index >= 15 is 0 Å². The third-order valence-electron chi connectivity index (χ3n) is 4.85. The van der Waals surface area contributed by atoms with Crippen LogP contribution in [0.25, 0.3) is 0 Å². The lowest BCUT2D eigenvalue weighted by Gasteiger charge is -2.30. The molecule has 2 aromatic carbocycles. The molecule has 170 valence electrons. The Morgan fingerprint density at radius 1 is 1.12 bits per heavy atom. The van der Waals surface area contributed by atoms with Gasteiger partial charge in [0.15, 0.2) is 6.61 Å². The van der Waals surface area contributed by atoms with E-state index in [1.165, 1.54) is 30.6 Å². The van der Waals surface area contributed by atoms with E-state index in [4.69, 9.17) is 9.47 Å². The number of sulfonamides is 1. The van der Waals surface area contributed by atoms with Crippen molar-refractivity contribution in [1.29, 1.82) is 0 Å². The maximum absolute atomic E-state index is 13.5. The summed E-state index contributed by atoms with van der Waals surface area (Å²) in [5.74, 6) is -1.68. The van der Waals surface area contributed by atoms with Gasteiger partial charge in [0.2, 0.25) is 0 Å². The molecule has 1 heterocycles. The number of benzene rings is 2. The van der Waals surface area contributed by atoms with Crippen LogP contribution in [0.4, 0.5) is 10.5 Å². The van der Waals surface area contributed by atoms with Crippen molar-refractivity contribution < 1.29 is 32.3 Å². The number of rotatable bonds is 6. The number of imide groups is 1. The number of hydrogen-bond donors (Lipinski definition) is 2. The maximum Gasteiger partial charge on any atom is 0.338 e. The topological polar surface area (TPSA) is 131 Å². The third kappa shape index (κ3) is 4.83. The van der Waals surface area contributed by atoms with Gasteiger partial charge in [-0.15, -0.1) is 0 Å². The van der Waals surface area contributed by atoms with E-state index in [0.29, 0.717) is 12.1 Å². The lowest BCUT2D eigenvalue weighted by Crippen LogP contribution is -2.39. The molecule has 0 fully saturated rings. The van der Waals surface area contributed by atoms with E-state index in [2.05, 4.69) is 5.32 Å². The second kappa shape index (κ2) is 9.69. The van der Waals surface area contributed by atoms with Gasteiger partial charge >= 0.3 is 12.0 Å². The molecule has 1 aliphatic rings. The van der Waals surface area contributed by atoms with Crippen molar-refractivity contribution in [3.05, 3.63) is 53.6 Å². The van der Waals surface area contributed by atoms with E-state index in [1.54, 1.807) is 12.1 Å². The van der Waals surface area contributed by atoms with Crippen LogP contribution in [0.1, 0.15) is 22.3 Å². The number of carbonyl (C=O) groups is 3. The number of anilines is 1. The Bertz CT molecular complexity index is 1150. The van der Waals surface area contributed by atoms with Crippen molar-refractivity contribution in [2.24, 2.45) is 0 Å². The zero-order valence-corrected chi connectivity index (χ0v) is 18.4. The molecule has 0 unspecified atom stereocenters. The monoisotopic (exact) mass is 461 g/mol. The van der Waals surface area contributed by atoms with Crippen LogP contribution >= 0.6 is 0 Å². The number of methoxy groups -OCH3 is 1. The first-order valence-corrected chi connectivity index (χ1v) is 11.2. The van der Waals surface area contributed by atoms with E-state index < -0.39 is 34.5 Å². The van der Waals surface area contributed by atoms with Crippen LogP contribution in [-0.4, -0.2) is 53.6 Å². The van der Waals surface area contributed by atoms with Gasteiger partial charge in [-0.05, 0) is 42.7 Å². The largest absolute Gasteiger partial charge is 0.495 e. The summed E-state index contributed by atoms with van der Waals surface area (Å²) in [6, 6.07) is 10.3. The Balaban J connectivity index is 1.88. The van der Waals surface area contributed by atoms with Gasteiger partial charge in [0, 0.05) is 13.6 Å². The van der Waals surface area contributed by atoms with Crippen molar-refractivity contribution in [3.63, 3.8) is 0 Å². The summed E-state index contributed by atoms with van der Waals surface area (Å²) in [7, 11) is -1.40. The average Bonchev–Trinajstić information content (AvgIpc) is 2.81. The van der Waals surface area contributed by atoms with Crippen molar-refractivity contribution in [2.45, 2.75) is 17.7 Å². The fourth-order valence-corrected chi connectivity index (χ4v) is 5.04. The molecule has 1 aliphatic heterocycles. The number of urea groups is 1. The molecule has 10 nitrogen and oxygen atoms in total. The highest BCUT2D eigenvalue weighted by Crippen LogP contribution is 2.35. The Morgan fingerprint density at radius 2 is 1.88 bits per heavy atom. The zero-order valence-electron chi connectivity index (χ0n) is 17.6. The molecule has 0 radical (unpaired) electrons. The van der Waals surface area contributed by atoms with Crippen molar-refractivity contribution in [3.8, 4) is 5.75 Å². The molecular weight excluding hydrogens is 438 g/mol. The number of carbonyl (C=O) groups excluding carboxylic acids is 3. The first-order chi connectivity index (χ1) is 15.3. The molecule has 2 aromatic rings. The quantitative estimate of drug-likeness (QED) is 0.623. The molecule has 0 aromatic heterocycles. The van der Waals surface area contributed by atoms with Gasteiger partial charge in [-0.25, -0.2) is 18.0 Å². The van der Waals surface area contributed by atoms with Gasteiger partial charge in [0.25, 0.3) is 15.9 Å². The van der Waals surface area contributed by atoms with Crippen LogP contribution < -0.4 is 19.7 Å². The number of amides is 3. The fourth-order valence-electron chi connectivity index (χ4n) is 3.31. The van der Waals surface area contributed by atoms with Gasteiger partial charge in [-0.1, -0.05) is 18.2 Å². The highest BCUT2D eigenvalue weighted by Gasteiger charge is 2.32. The first-order valence-electron chi connectivity index (χ1n) is 9.75. The van der Waals surface area contributed by atoms with Crippen LogP contribution in [0.5, 0.6) is 5.75 Å². The second-order valence-corrected chi connectivity index (χ2v) is 8.71. The molecule has 3 rings (SSSR count). The summed E-state index contributed by atoms with van der Waals surface area (Å²) in [6.07, 6.45) is 1.42. The summed E-state index contributed by atoms with van der Waals surface area (Å²) in [4.78, 5) is 35.0. The molecule has 0 aliphatic carbocycles. The molecule has 3 amide bonds. The normalized spacial score (nSPS) is 13.0. The van der Waals surface area contributed by atoms with E-state index in [9.17, 15) is 22.8 Å². The Labute approximate surface area is 185 Å². The van der Waals surface area contributed by atoms with E-state index in [0.717, 1.165) is 18.1 Å². The van der Waals surface area contributed by atoms with Crippen molar-refractivity contribution >= 4 is 33.6 Å². The minimum absolute atomic E-state index is 0.0713. The molecule has 32 heavy (non-hydrogen) atoms. The molecule has 11 heteroatoms. The predicted molar refractivity (Wildman–Crippen MR) is 115 cm³/mol. The zero-order chi connectivity index (χ0) is 23.3. The highest BCUT2D eigenvalue weighted by molar-refractivity contribution is 7.93. The number of nitrogens with zero attached hydrogens (tertiary/aromatic N) is 1. The fraction of sp³-hybridized carbons (Fsp3) is 0.286. The number of fused-ring (bicyclic) bond motifs is 1. The maximum atomic E-state index is 13.5. The summed E-state index contributed by atoms with van der Waals surface area (Å²) in [6.45, 7) is -0.420. The minimum Gasteiger partial charge on any atom is -0.495 e. The summed E-state index contributed by atoms with van der Waals surface area (Å²) in [5, 5.41) is 4.15. The minimum atomic E-state index is -4.06. The lowest BCUT2D eigenvalue weighted by molar-refractivity contribution is -0.123. The SMILES string of the molecule is CNC(=O)NC(=O)COC(=O)c1ccc(OC)c(S(=O)(=O)N2CCCc3ccccc32)c1. The summed E-state index contributed by atoms with van der Waals surface area (Å²) < 4.78 is 38.5. The van der Waals surface area contributed by atoms with Gasteiger partial charge in [0.1, 0.15) is 10.6 Å². The first kappa shape index (κ1) is 23.1. The van der Waals surface area contributed by atoms with E-state index in [-0.39, 0.29) is 22.8 Å². The molecule has 0 spiro atoms. The molecule has 0 bridgehead atoms. The van der Waals surface area contributed by atoms with Gasteiger partial charge in [-0.3, -0.25) is 14.4 Å². The number of esters is 1. The average molecular weight is 461 g/mol. The van der Waals surface area contributed by atoms with Gasteiger partial charge in [0.05, 0.1) is 18.4 Å². The van der Waals surface area contributed by atoms with Crippen LogP contribution in [-0.2, 0) is 26.0 Å². The Morgan fingerprint density at radius 3 is 2.59 bits per heavy atom. The lowest BCUT2D eigenvalue weighted by atomic mass is 10.0. The standard InChI is InChI=1S/C21H23N3O7S/c1-22-21(27)23-19(25)13-31-20(26)15-9-10-17(30-2)18(12-15)32(28,29)24-11-5-7-14-6-3-4-8-16(14)24/h3-4,6,8-10,12H,5,7,11,13H2,1-2H3,(H2,22,23,25,27). The van der Waals surface area contributed by atoms with Gasteiger partial charge < -0.3 is 14.8 Å². The smallest absolute Gasteiger partial charge is 0.338 e. The molecular formula is C21H23N3O7S. The number of nitrogens with one attached hydrogen (secondary N) is 2. The van der Waals surface area contributed by atoms with E-state index in [1.807, 2.05) is 17.4 Å². The van der Waals surface area contributed by atoms with Gasteiger partial charge in [-0.2, -0.15) is 0 Å². The summed E-state index contributed by atoms with van der Waals surface area (Å²) >= 11 is 0. The van der Waals surface area contributed by atoms with Crippen molar-refractivity contribution in [2.75, 3.05) is 31.6 Å². The highest BCUT2D eigenvalue weighted by atomic mass is 32.2. The number of para-hydroxylation sites is 1. The molecule has 0 saturated carbocycles. The number of aryl methyl sites for hydroxylation is 1. The Hall–Kier alpha value is -3.60. The molecule has 2 N–H and O–H groups in total. The summed E-state index contributed by atoms with van der Waals surface area (Å²) in [5.41, 5.74) is 1.42. The van der Waals surface area contributed by atoms with Crippen LogP contribution in [0.15, 0.2) is 47.4 Å². The second-order valence-electron chi connectivity index (χ2n) is 6.88. The van der Waals surface area contributed by atoms with Crippen molar-refractivity contribution in [1.82, 2.24) is 10.6 Å². The molecule has 0 atom stereocenters. The number of hydrogen-bond acceptors (Lipinski definition) is 7. The number of ether oxygens (including phenoxy) is 2. The predicted octanol–water partition coefficient (Wildman–Crippen LogP) is 1.45. The van der Waals surface area contributed by atoms with Crippen LogP contribution in [0, 0.1) is 0 Å².